The number of sulfone groups is 1. The summed E-state index contributed by atoms with van der Waals surface area (Å²) in [7, 11) is -1.23. The van der Waals surface area contributed by atoms with Crippen LogP contribution in [0.15, 0.2) is 10.4 Å². The maximum absolute atomic E-state index is 11.5. The van der Waals surface area contributed by atoms with Crippen molar-refractivity contribution in [3.63, 3.8) is 0 Å². The van der Waals surface area contributed by atoms with Gasteiger partial charge in [0.15, 0.2) is 5.96 Å². The van der Waals surface area contributed by atoms with Crippen LogP contribution in [-0.4, -0.2) is 45.0 Å². The van der Waals surface area contributed by atoms with Crippen LogP contribution in [0.5, 0.6) is 0 Å². The van der Waals surface area contributed by atoms with Crippen LogP contribution < -0.4 is 10.6 Å². The summed E-state index contributed by atoms with van der Waals surface area (Å²) in [5, 5.41) is 9.59. The van der Waals surface area contributed by atoms with Crippen LogP contribution in [0.25, 0.3) is 0 Å². The highest BCUT2D eigenvalue weighted by atomic mass is 127. The Morgan fingerprint density at radius 2 is 2.08 bits per heavy atom. The van der Waals surface area contributed by atoms with E-state index in [9.17, 15) is 8.42 Å². The number of rotatable bonds is 7. The minimum atomic E-state index is -2.94. The number of guanidine groups is 1. The standard InChI is InChI=1S/C15H26N4O2S2.HI/c1-11(2)12-8-22-13(19-12)7-17-14(16-3)18-9-15(5-6-15)10-23(4,20)21;/h8,11H,5-7,9-10H2,1-4H3,(H2,16,17,18);1H. The molecule has 0 unspecified atom stereocenters. The number of aromatic nitrogens is 1. The van der Waals surface area contributed by atoms with E-state index in [1.54, 1.807) is 18.4 Å². The molecule has 138 valence electrons. The zero-order valence-corrected chi connectivity index (χ0v) is 18.6. The second kappa shape index (κ2) is 8.79. The zero-order chi connectivity index (χ0) is 17.1. The van der Waals surface area contributed by atoms with Gasteiger partial charge in [0.2, 0.25) is 0 Å². The highest BCUT2D eigenvalue weighted by molar-refractivity contribution is 14.0. The molecule has 1 aliphatic rings. The van der Waals surface area contributed by atoms with Crippen LogP contribution in [-0.2, 0) is 16.4 Å². The van der Waals surface area contributed by atoms with E-state index in [4.69, 9.17) is 0 Å². The van der Waals surface area contributed by atoms with Gasteiger partial charge in [-0.25, -0.2) is 13.4 Å². The molecule has 0 amide bonds. The molecule has 1 aromatic rings. The molecule has 0 radical (unpaired) electrons. The molecule has 0 atom stereocenters. The van der Waals surface area contributed by atoms with Crippen molar-refractivity contribution in [2.24, 2.45) is 10.4 Å². The number of hydrogen-bond acceptors (Lipinski definition) is 5. The monoisotopic (exact) mass is 486 g/mol. The predicted octanol–water partition coefficient (Wildman–Crippen LogP) is 2.37. The van der Waals surface area contributed by atoms with Gasteiger partial charge in [-0.2, -0.15) is 0 Å². The van der Waals surface area contributed by atoms with E-state index in [1.165, 1.54) is 6.26 Å². The van der Waals surface area contributed by atoms with Gasteiger partial charge in [-0.15, -0.1) is 35.3 Å². The number of aliphatic imine (C=N–C) groups is 1. The third kappa shape index (κ3) is 6.83. The number of thiazole rings is 1. The van der Waals surface area contributed by atoms with Crippen LogP contribution in [0, 0.1) is 5.41 Å². The van der Waals surface area contributed by atoms with E-state index in [1.807, 2.05) is 0 Å². The van der Waals surface area contributed by atoms with Crippen LogP contribution in [0.3, 0.4) is 0 Å². The molecule has 1 fully saturated rings. The van der Waals surface area contributed by atoms with Gasteiger partial charge < -0.3 is 10.6 Å². The summed E-state index contributed by atoms with van der Waals surface area (Å²) in [5.74, 6) is 1.36. The Bertz CT molecular complexity index is 667. The first-order chi connectivity index (χ1) is 10.7. The first kappa shape index (κ1) is 21.6. The quantitative estimate of drug-likeness (QED) is 0.351. The molecular formula is C15H27IN4O2S2. The van der Waals surface area contributed by atoms with E-state index < -0.39 is 9.84 Å². The third-order valence-electron chi connectivity index (χ3n) is 3.95. The summed E-state index contributed by atoms with van der Waals surface area (Å²) in [5.41, 5.74) is 0.997. The molecule has 6 nitrogen and oxygen atoms in total. The van der Waals surface area contributed by atoms with Gasteiger partial charge in [-0.1, -0.05) is 13.8 Å². The Morgan fingerprint density at radius 1 is 1.42 bits per heavy atom. The minimum absolute atomic E-state index is 0. The number of nitrogens with one attached hydrogen (secondary N) is 2. The Kier molecular flexibility index (Phi) is 7.92. The molecule has 0 aliphatic heterocycles. The normalized spacial score (nSPS) is 16.6. The van der Waals surface area contributed by atoms with Gasteiger partial charge in [-0.3, -0.25) is 4.99 Å². The molecule has 1 heterocycles. The predicted molar refractivity (Wildman–Crippen MR) is 111 cm³/mol. The summed E-state index contributed by atoms with van der Waals surface area (Å²) in [4.78, 5) is 8.77. The van der Waals surface area contributed by atoms with Crippen molar-refractivity contribution in [1.82, 2.24) is 15.6 Å². The molecule has 0 bridgehead atoms. The summed E-state index contributed by atoms with van der Waals surface area (Å²) in [6.45, 7) is 5.51. The van der Waals surface area contributed by atoms with Crippen molar-refractivity contribution in [2.45, 2.75) is 39.2 Å². The number of nitrogens with zero attached hydrogens (tertiary/aromatic N) is 2. The summed E-state index contributed by atoms with van der Waals surface area (Å²) in [6, 6.07) is 0. The van der Waals surface area contributed by atoms with E-state index >= 15 is 0 Å². The van der Waals surface area contributed by atoms with Crippen molar-refractivity contribution in [2.75, 3.05) is 25.6 Å². The van der Waals surface area contributed by atoms with Gasteiger partial charge in [0, 0.05) is 30.6 Å². The van der Waals surface area contributed by atoms with Gasteiger partial charge >= 0.3 is 0 Å². The first-order valence-corrected chi connectivity index (χ1v) is 10.7. The zero-order valence-electron chi connectivity index (χ0n) is 14.6. The minimum Gasteiger partial charge on any atom is -0.356 e. The molecule has 0 saturated heterocycles. The van der Waals surface area contributed by atoms with Crippen molar-refractivity contribution in [3.05, 3.63) is 16.1 Å². The number of halogens is 1. The average molecular weight is 486 g/mol. The van der Waals surface area contributed by atoms with E-state index in [0.29, 0.717) is 25.0 Å². The molecular weight excluding hydrogens is 459 g/mol. The highest BCUT2D eigenvalue weighted by Crippen LogP contribution is 2.45. The second-order valence-electron chi connectivity index (χ2n) is 6.67. The van der Waals surface area contributed by atoms with Crippen molar-refractivity contribution in [3.8, 4) is 0 Å². The molecule has 1 aromatic heterocycles. The molecule has 24 heavy (non-hydrogen) atoms. The van der Waals surface area contributed by atoms with Crippen LogP contribution in [0.4, 0.5) is 0 Å². The van der Waals surface area contributed by atoms with Gasteiger partial charge in [0.05, 0.1) is 18.0 Å². The summed E-state index contributed by atoms with van der Waals surface area (Å²) in [6.07, 6.45) is 3.21. The van der Waals surface area contributed by atoms with Gasteiger partial charge in [0.1, 0.15) is 14.8 Å². The average Bonchev–Trinajstić information content (AvgIpc) is 3.01. The first-order valence-electron chi connectivity index (χ1n) is 7.80. The van der Waals surface area contributed by atoms with E-state index in [2.05, 4.69) is 39.8 Å². The van der Waals surface area contributed by atoms with Crippen molar-refractivity contribution in [1.29, 1.82) is 0 Å². The molecule has 0 spiro atoms. The van der Waals surface area contributed by atoms with Gasteiger partial charge in [-0.05, 0) is 18.8 Å². The Labute approximate surface area is 165 Å². The van der Waals surface area contributed by atoms with Crippen LogP contribution in [0.1, 0.15) is 43.3 Å². The highest BCUT2D eigenvalue weighted by Gasteiger charge is 2.45. The number of hydrogen-bond donors (Lipinski definition) is 2. The molecule has 1 aliphatic carbocycles. The van der Waals surface area contributed by atoms with E-state index in [0.717, 1.165) is 23.5 Å². The largest absolute Gasteiger partial charge is 0.356 e. The Balaban J connectivity index is 0.00000288. The topological polar surface area (TPSA) is 83.4 Å². The lowest BCUT2D eigenvalue weighted by molar-refractivity contribution is 0.529. The van der Waals surface area contributed by atoms with Crippen molar-refractivity contribution >= 4 is 51.1 Å². The molecule has 2 rings (SSSR count). The summed E-state index contributed by atoms with van der Waals surface area (Å²) >= 11 is 1.64. The van der Waals surface area contributed by atoms with Gasteiger partial charge in [0.25, 0.3) is 0 Å². The fourth-order valence-corrected chi connectivity index (χ4v) is 4.83. The molecule has 9 heteroatoms. The Hall–Kier alpha value is -0.420. The molecule has 1 saturated carbocycles. The lowest BCUT2D eigenvalue weighted by Crippen LogP contribution is -2.41. The Morgan fingerprint density at radius 3 is 2.54 bits per heavy atom. The maximum Gasteiger partial charge on any atom is 0.191 e. The third-order valence-corrected chi connectivity index (χ3v) is 5.95. The van der Waals surface area contributed by atoms with E-state index in [-0.39, 0.29) is 35.1 Å². The summed E-state index contributed by atoms with van der Waals surface area (Å²) < 4.78 is 23.0. The molecule has 2 N–H and O–H groups in total. The lowest BCUT2D eigenvalue weighted by Gasteiger charge is -2.17. The fourth-order valence-electron chi connectivity index (χ4n) is 2.43. The molecule has 0 aromatic carbocycles. The maximum atomic E-state index is 11.5. The lowest BCUT2D eigenvalue weighted by atomic mass is 10.1. The van der Waals surface area contributed by atoms with Crippen LogP contribution >= 0.6 is 35.3 Å². The second-order valence-corrected chi connectivity index (χ2v) is 9.75. The SMILES string of the molecule is CN=C(NCc1nc(C(C)C)cs1)NCC1(CS(C)(=O)=O)CC1.I. The van der Waals surface area contributed by atoms with Crippen LogP contribution in [0.2, 0.25) is 0 Å². The smallest absolute Gasteiger partial charge is 0.191 e. The fraction of sp³-hybridized carbons (Fsp3) is 0.733. The van der Waals surface area contributed by atoms with Crippen molar-refractivity contribution < 1.29 is 8.42 Å².